The number of hydrogen-bond donors (Lipinski definition) is 0. The molecule has 0 radical (unpaired) electrons. The van der Waals surface area contributed by atoms with E-state index in [0.29, 0.717) is 12.6 Å². The number of ether oxygens (including phenoxy) is 1. The number of piperazine rings is 1. The van der Waals surface area contributed by atoms with Crippen LogP contribution >= 0.6 is 0 Å². The third kappa shape index (κ3) is 3.68. The Morgan fingerprint density at radius 3 is 2.47 bits per heavy atom. The van der Waals surface area contributed by atoms with E-state index in [1.807, 2.05) is 12.0 Å². The highest BCUT2D eigenvalue weighted by atomic mass is 16.7. The van der Waals surface area contributed by atoms with Gasteiger partial charge in [0.05, 0.1) is 19.6 Å². The molecule has 2 unspecified atom stereocenters. The molecule has 0 spiro atoms. The van der Waals surface area contributed by atoms with Crippen molar-refractivity contribution < 1.29 is 14.4 Å². The van der Waals surface area contributed by atoms with Gasteiger partial charge < -0.3 is 9.57 Å². The van der Waals surface area contributed by atoms with Crippen molar-refractivity contribution in [2.75, 3.05) is 39.9 Å². The van der Waals surface area contributed by atoms with Gasteiger partial charge in [-0.3, -0.25) is 9.69 Å². The molecular formula is C14H26N2O3. The molecule has 2 rings (SSSR count). The zero-order valence-electron chi connectivity index (χ0n) is 12.1. The predicted octanol–water partition coefficient (Wildman–Crippen LogP) is 1.29. The molecule has 1 heterocycles. The molecule has 0 bridgehead atoms. The first kappa shape index (κ1) is 14.8. The summed E-state index contributed by atoms with van der Waals surface area (Å²) in [5, 5.41) is 1.98. The predicted molar refractivity (Wildman–Crippen MR) is 72.5 cm³/mol. The quantitative estimate of drug-likeness (QED) is 0.720. The summed E-state index contributed by atoms with van der Waals surface area (Å²) in [7, 11) is 1.72. The summed E-state index contributed by atoms with van der Waals surface area (Å²) in [5.74, 6) is 0.0733. The molecule has 1 aliphatic heterocycles. The van der Waals surface area contributed by atoms with Gasteiger partial charge in [0.1, 0.15) is 0 Å². The summed E-state index contributed by atoms with van der Waals surface area (Å²) in [6.07, 6.45) is 4.48. The Morgan fingerprint density at radius 2 is 1.84 bits per heavy atom. The van der Waals surface area contributed by atoms with Crippen LogP contribution in [-0.4, -0.2) is 61.9 Å². The van der Waals surface area contributed by atoms with Crippen molar-refractivity contribution in [1.29, 1.82) is 0 Å². The van der Waals surface area contributed by atoms with E-state index in [0.717, 1.165) is 45.4 Å². The summed E-state index contributed by atoms with van der Waals surface area (Å²) in [5.41, 5.74) is 0. The van der Waals surface area contributed by atoms with E-state index in [2.05, 4.69) is 4.90 Å². The van der Waals surface area contributed by atoms with Crippen LogP contribution in [0.5, 0.6) is 0 Å². The van der Waals surface area contributed by atoms with Crippen LogP contribution in [0.25, 0.3) is 0 Å². The average Bonchev–Trinajstić information content (AvgIpc) is 2.47. The van der Waals surface area contributed by atoms with Gasteiger partial charge >= 0.3 is 5.97 Å². The van der Waals surface area contributed by atoms with Gasteiger partial charge in [0, 0.05) is 32.2 Å². The maximum Gasteiger partial charge on any atom is 0.310 e. The summed E-state index contributed by atoms with van der Waals surface area (Å²) in [4.78, 5) is 19.8. The van der Waals surface area contributed by atoms with Crippen LogP contribution in [-0.2, 0) is 14.4 Å². The van der Waals surface area contributed by atoms with E-state index in [1.165, 1.54) is 6.42 Å². The summed E-state index contributed by atoms with van der Waals surface area (Å²) >= 11 is 0. The van der Waals surface area contributed by atoms with Crippen molar-refractivity contribution >= 4 is 5.97 Å². The van der Waals surface area contributed by atoms with Crippen molar-refractivity contribution in [3.05, 3.63) is 0 Å². The van der Waals surface area contributed by atoms with Crippen molar-refractivity contribution in [2.24, 2.45) is 5.92 Å². The van der Waals surface area contributed by atoms with Gasteiger partial charge in [-0.05, 0) is 19.8 Å². The van der Waals surface area contributed by atoms with E-state index in [4.69, 9.17) is 9.57 Å². The maximum absolute atomic E-state index is 12.1. The molecular weight excluding hydrogens is 244 g/mol. The van der Waals surface area contributed by atoms with Crippen LogP contribution in [0.2, 0.25) is 0 Å². The minimum Gasteiger partial charge on any atom is -0.466 e. The maximum atomic E-state index is 12.1. The first-order valence-corrected chi connectivity index (χ1v) is 7.46. The van der Waals surface area contributed by atoms with Crippen LogP contribution in [0.3, 0.4) is 0 Å². The van der Waals surface area contributed by atoms with Crippen molar-refractivity contribution in [3.8, 4) is 0 Å². The van der Waals surface area contributed by atoms with Crippen LogP contribution in [0.1, 0.15) is 32.6 Å². The zero-order chi connectivity index (χ0) is 13.7. The lowest BCUT2D eigenvalue weighted by atomic mass is 9.83. The fourth-order valence-corrected chi connectivity index (χ4v) is 3.29. The molecule has 1 aliphatic carbocycles. The minimum absolute atomic E-state index is 0.00127. The number of nitrogens with zero attached hydrogens (tertiary/aromatic N) is 2. The smallest absolute Gasteiger partial charge is 0.310 e. The molecule has 0 N–H and O–H groups in total. The van der Waals surface area contributed by atoms with Gasteiger partial charge in [-0.15, -0.1) is 0 Å². The SMILES string of the molecule is CCOC(=O)C1CCCCC1N1CCN(OC)CC1. The molecule has 1 saturated carbocycles. The largest absolute Gasteiger partial charge is 0.466 e. The number of carbonyl (C=O) groups is 1. The minimum atomic E-state index is 0.00127. The zero-order valence-corrected chi connectivity index (χ0v) is 12.1. The lowest BCUT2D eigenvalue weighted by molar-refractivity contribution is -0.164. The standard InChI is InChI=1S/C14H26N2O3/c1-3-19-14(17)12-6-4-5-7-13(12)15-8-10-16(18-2)11-9-15/h12-13H,3-11H2,1-2H3. The number of carbonyl (C=O) groups excluding carboxylic acids is 1. The molecule has 5 nitrogen and oxygen atoms in total. The monoisotopic (exact) mass is 270 g/mol. The molecule has 5 heteroatoms. The summed E-state index contributed by atoms with van der Waals surface area (Å²) < 4.78 is 5.24. The highest BCUT2D eigenvalue weighted by molar-refractivity contribution is 5.73. The second-order valence-corrected chi connectivity index (χ2v) is 5.36. The van der Waals surface area contributed by atoms with Crippen LogP contribution < -0.4 is 0 Å². The Balaban J connectivity index is 1.94. The van der Waals surface area contributed by atoms with Gasteiger partial charge in [0.2, 0.25) is 0 Å². The number of hydrogen-bond acceptors (Lipinski definition) is 5. The molecule has 0 aromatic carbocycles. The second kappa shape index (κ2) is 7.22. The lowest BCUT2D eigenvalue weighted by Crippen LogP contribution is -2.54. The first-order valence-electron chi connectivity index (χ1n) is 7.46. The third-order valence-electron chi connectivity index (χ3n) is 4.32. The molecule has 2 fully saturated rings. The molecule has 0 aromatic heterocycles. The van der Waals surface area contributed by atoms with E-state index in [1.54, 1.807) is 7.11 Å². The summed E-state index contributed by atoms with van der Waals surface area (Å²) in [6, 6.07) is 0.367. The Labute approximate surface area is 115 Å². The van der Waals surface area contributed by atoms with Crippen LogP contribution in [0.15, 0.2) is 0 Å². The van der Waals surface area contributed by atoms with Crippen molar-refractivity contribution in [1.82, 2.24) is 9.96 Å². The number of hydroxylamine groups is 2. The molecule has 2 atom stereocenters. The molecule has 1 saturated heterocycles. The highest BCUT2D eigenvalue weighted by Crippen LogP contribution is 2.30. The van der Waals surface area contributed by atoms with Gasteiger partial charge in [0.25, 0.3) is 0 Å². The average molecular weight is 270 g/mol. The fraction of sp³-hybridized carbons (Fsp3) is 0.929. The Bertz CT molecular complexity index is 290. The van der Waals surface area contributed by atoms with Crippen LogP contribution in [0, 0.1) is 5.92 Å². The third-order valence-corrected chi connectivity index (χ3v) is 4.32. The Morgan fingerprint density at radius 1 is 1.16 bits per heavy atom. The second-order valence-electron chi connectivity index (χ2n) is 5.36. The molecule has 2 aliphatic rings. The van der Waals surface area contributed by atoms with E-state index >= 15 is 0 Å². The van der Waals surface area contributed by atoms with E-state index in [-0.39, 0.29) is 11.9 Å². The van der Waals surface area contributed by atoms with Crippen molar-refractivity contribution in [3.63, 3.8) is 0 Å². The lowest BCUT2D eigenvalue weighted by Gasteiger charge is -2.42. The number of esters is 1. The van der Waals surface area contributed by atoms with Gasteiger partial charge in [-0.1, -0.05) is 12.8 Å². The molecule has 19 heavy (non-hydrogen) atoms. The summed E-state index contributed by atoms with van der Waals surface area (Å²) in [6.45, 7) is 6.17. The van der Waals surface area contributed by atoms with Gasteiger partial charge in [-0.2, -0.15) is 5.06 Å². The first-order chi connectivity index (χ1) is 9.26. The van der Waals surface area contributed by atoms with Gasteiger partial charge in [0.15, 0.2) is 0 Å². The fourth-order valence-electron chi connectivity index (χ4n) is 3.29. The number of rotatable bonds is 4. The molecule has 0 aromatic rings. The topological polar surface area (TPSA) is 42.0 Å². The van der Waals surface area contributed by atoms with E-state index in [9.17, 15) is 4.79 Å². The van der Waals surface area contributed by atoms with E-state index < -0.39 is 0 Å². The normalized spacial score (nSPS) is 30.2. The Hall–Kier alpha value is -0.650. The van der Waals surface area contributed by atoms with Gasteiger partial charge in [-0.25, -0.2) is 0 Å². The highest BCUT2D eigenvalue weighted by Gasteiger charge is 2.36. The van der Waals surface area contributed by atoms with Crippen molar-refractivity contribution in [2.45, 2.75) is 38.6 Å². The van der Waals surface area contributed by atoms with Crippen LogP contribution in [0.4, 0.5) is 0 Å². The Kier molecular flexibility index (Phi) is 5.60. The molecule has 0 amide bonds. The molecule has 110 valence electrons.